The summed E-state index contributed by atoms with van der Waals surface area (Å²) < 4.78 is 2.44. The molecule has 1 heterocycles. The molecule has 9 aromatic rings. The molecule has 0 aliphatic heterocycles. The van der Waals surface area contributed by atoms with E-state index in [-0.39, 0.29) is 0 Å². The summed E-state index contributed by atoms with van der Waals surface area (Å²) in [5.74, 6) is 0. The Morgan fingerprint density at radius 3 is 1.64 bits per heavy atom. The number of nitrogens with one attached hydrogen (secondary N) is 1. The Bertz CT molecular complexity index is 3120. The number of nitrogens with zero attached hydrogens (tertiary/aromatic N) is 2. The molecule has 0 fully saturated rings. The molecule has 64 heavy (non-hydrogen) atoms. The molecule has 9 rings (SSSR count). The van der Waals surface area contributed by atoms with Gasteiger partial charge in [0.25, 0.3) is 0 Å². The molecule has 0 bridgehead atoms. The molecule has 0 spiro atoms. The maximum Gasteiger partial charge on any atom is 0.0619 e. The first-order valence-corrected chi connectivity index (χ1v) is 21.9. The van der Waals surface area contributed by atoms with Gasteiger partial charge in [0.2, 0.25) is 0 Å². The lowest BCUT2D eigenvalue weighted by Gasteiger charge is -2.26. The average Bonchev–Trinajstić information content (AvgIpc) is 3.70. The van der Waals surface area contributed by atoms with E-state index >= 15 is 0 Å². The minimum absolute atomic E-state index is 0.424. The second kappa shape index (κ2) is 19.7. The Labute approximate surface area is 377 Å². The highest BCUT2D eigenvalue weighted by Crippen LogP contribution is 2.43. The third kappa shape index (κ3) is 8.76. The van der Waals surface area contributed by atoms with Crippen molar-refractivity contribution < 1.29 is 0 Å². The van der Waals surface area contributed by atoms with Crippen LogP contribution in [-0.2, 0) is 0 Å². The van der Waals surface area contributed by atoms with Crippen molar-refractivity contribution in [1.82, 2.24) is 4.57 Å². The van der Waals surface area contributed by atoms with Gasteiger partial charge in [-0.3, -0.25) is 0 Å². The van der Waals surface area contributed by atoms with E-state index in [2.05, 4.69) is 198 Å². The van der Waals surface area contributed by atoms with Crippen molar-refractivity contribution >= 4 is 50.3 Å². The number of nitrogens with two attached hydrogens (primary N) is 1. The van der Waals surface area contributed by atoms with Crippen molar-refractivity contribution in [3.05, 3.63) is 248 Å². The van der Waals surface area contributed by atoms with Crippen molar-refractivity contribution in [1.29, 1.82) is 5.41 Å². The lowest BCUT2D eigenvalue weighted by atomic mass is 9.95. The van der Waals surface area contributed by atoms with E-state index in [1.54, 1.807) is 18.2 Å². The third-order valence-corrected chi connectivity index (χ3v) is 11.3. The minimum Gasteiger partial charge on any atom is -0.398 e. The molecule has 0 amide bonds. The second-order valence-electron chi connectivity index (χ2n) is 15.2. The summed E-state index contributed by atoms with van der Waals surface area (Å²) in [5.41, 5.74) is 22.7. The Morgan fingerprint density at radius 2 is 1.08 bits per heavy atom. The number of fused-ring (bicyclic) bond motifs is 3. The van der Waals surface area contributed by atoms with E-state index in [9.17, 15) is 0 Å². The van der Waals surface area contributed by atoms with Crippen LogP contribution >= 0.6 is 0 Å². The van der Waals surface area contributed by atoms with Crippen LogP contribution in [0.1, 0.15) is 31.9 Å². The molecule has 1 aromatic heterocycles. The van der Waals surface area contributed by atoms with E-state index in [1.807, 2.05) is 51.1 Å². The molecule has 8 aromatic carbocycles. The van der Waals surface area contributed by atoms with Gasteiger partial charge < -0.3 is 20.6 Å². The quantitative estimate of drug-likeness (QED) is 0.0952. The van der Waals surface area contributed by atoms with Crippen molar-refractivity contribution in [3.8, 4) is 39.1 Å². The highest BCUT2D eigenvalue weighted by molar-refractivity contribution is 6.16. The number of benzene rings is 8. The summed E-state index contributed by atoms with van der Waals surface area (Å²) in [6, 6.07) is 68.9. The first kappa shape index (κ1) is 42.5. The molecule has 312 valence electrons. The van der Waals surface area contributed by atoms with E-state index in [1.165, 1.54) is 33.0 Å². The Hall–Kier alpha value is -8.21. The number of aromatic nitrogens is 1. The predicted octanol–water partition coefficient (Wildman–Crippen LogP) is 16.3. The lowest BCUT2D eigenvalue weighted by molar-refractivity contribution is 1.17. The minimum atomic E-state index is 0.424. The zero-order chi connectivity index (χ0) is 44.4. The van der Waals surface area contributed by atoms with Crippen molar-refractivity contribution in [2.45, 2.75) is 20.8 Å². The maximum atomic E-state index is 8.57. The van der Waals surface area contributed by atoms with Gasteiger partial charge in [-0.15, -0.1) is 0 Å². The molecule has 0 radical (unpaired) electrons. The average molecular weight is 829 g/mol. The summed E-state index contributed by atoms with van der Waals surface area (Å²) in [5, 5.41) is 11.0. The van der Waals surface area contributed by atoms with Gasteiger partial charge in [0.1, 0.15) is 0 Å². The molecule has 0 saturated carbocycles. The highest BCUT2D eigenvalue weighted by atomic mass is 15.1. The maximum absolute atomic E-state index is 8.57. The topological polar surface area (TPSA) is 58.0 Å². The van der Waals surface area contributed by atoms with Crippen LogP contribution in [0.15, 0.2) is 237 Å². The van der Waals surface area contributed by atoms with E-state index in [0.717, 1.165) is 56.0 Å². The standard InChI is InChI=1S/C58H46N4.C2H6/c1-3-5-22-55(59)44-24-29-48(30-25-44)61(49-31-26-45(27-32-49)56(60)23-6-4-2)50-33-35-51(36-34-50)62-57-40-46(41-16-10-7-11-17-41)28-37-52(57)54-39-47(42-18-12-8-13-19-42)38-53(58(54)62)43-20-14-9-15-21-43;1-2/h3-40,59H,1,60H2,2H3;1-2H3/b6-4-,22-5-,56-23-,59-55?;. The van der Waals surface area contributed by atoms with Crippen LogP contribution in [0, 0.1) is 5.41 Å². The summed E-state index contributed by atoms with van der Waals surface area (Å²) in [6.07, 6.45) is 11.1. The third-order valence-electron chi connectivity index (χ3n) is 11.3. The van der Waals surface area contributed by atoms with Crippen LogP contribution in [0.2, 0.25) is 0 Å². The molecule has 0 saturated heterocycles. The van der Waals surface area contributed by atoms with Gasteiger partial charge in [0.15, 0.2) is 0 Å². The fraction of sp³-hybridized carbons (Fsp3) is 0.0500. The Morgan fingerprint density at radius 1 is 0.547 bits per heavy atom. The lowest BCUT2D eigenvalue weighted by Crippen LogP contribution is -2.11. The normalized spacial score (nSPS) is 11.5. The van der Waals surface area contributed by atoms with Crippen LogP contribution < -0.4 is 10.6 Å². The monoisotopic (exact) mass is 828 g/mol. The van der Waals surface area contributed by atoms with Gasteiger partial charge in [-0.1, -0.05) is 172 Å². The van der Waals surface area contributed by atoms with Crippen LogP contribution in [-0.4, -0.2) is 10.3 Å². The van der Waals surface area contributed by atoms with E-state index in [0.29, 0.717) is 11.4 Å². The summed E-state index contributed by atoms with van der Waals surface area (Å²) in [7, 11) is 0. The van der Waals surface area contributed by atoms with Crippen molar-refractivity contribution in [2.24, 2.45) is 5.73 Å². The Kier molecular flexibility index (Phi) is 13.1. The molecule has 3 N–H and O–H groups in total. The smallest absolute Gasteiger partial charge is 0.0619 e. The fourth-order valence-electron chi connectivity index (χ4n) is 8.21. The van der Waals surface area contributed by atoms with Crippen LogP contribution in [0.25, 0.3) is 66.6 Å². The molecule has 0 aliphatic rings. The number of rotatable bonds is 12. The highest BCUT2D eigenvalue weighted by Gasteiger charge is 2.21. The molecular weight excluding hydrogens is 777 g/mol. The van der Waals surface area contributed by atoms with Crippen molar-refractivity contribution in [3.63, 3.8) is 0 Å². The largest absolute Gasteiger partial charge is 0.398 e. The zero-order valence-electron chi connectivity index (χ0n) is 36.6. The fourth-order valence-corrected chi connectivity index (χ4v) is 8.21. The summed E-state index contributed by atoms with van der Waals surface area (Å²) in [6.45, 7) is 9.74. The number of hydrogen-bond donors (Lipinski definition) is 2. The van der Waals surface area contributed by atoms with E-state index < -0.39 is 0 Å². The van der Waals surface area contributed by atoms with Crippen molar-refractivity contribution in [2.75, 3.05) is 4.90 Å². The van der Waals surface area contributed by atoms with Gasteiger partial charge in [-0.2, -0.15) is 0 Å². The number of allylic oxidation sites excluding steroid dienone is 6. The number of hydrogen-bond acceptors (Lipinski definition) is 3. The summed E-state index contributed by atoms with van der Waals surface area (Å²) >= 11 is 0. The van der Waals surface area contributed by atoms with Gasteiger partial charge in [0.05, 0.1) is 16.7 Å². The van der Waals surface area contributed by atoms with Crippen LogP contribution in [0.5, 0.6) is 0 Å². The first-order chi connectivity index (χ1) is 31.5. The Balaban J connectivity index is 0.00000276. The van der Waals surface area contributed by atoms with Gasteiger partial charge in [-0.25, -0.2) is 0 Å². The number of anilines is 3. The van der Waals surface area contributed by atoms with Crippen LogP contribution in [0.3, 0.4) is 0 Å². The predicted molar refractivity (Wildman–Crippen MR) is 276 cm³/mol. The SMILES string of the molecule is C=C/C=C\C(=N)c1ccc(N(c2ccc(/C(N)=C/C=C\C)cc2)c2ccc(-n3c4cc(-c5ccccc5)ccc4c4cc(-c5ccccc5)cc(-c5ccccc5)c43)cc2)cc1.CC. The molecule has 4 heteroatoms. The molecule has 0 unspecified atom stereocenters. The van der Waals surface area contributed by atoms with Gasteiger partial charge in [0, 0.05) is 44.8 Å². The van der Waals surface area contributed by atoms with E-state index in [4.69, 9.17) is 11.1 Å². The van der Waals surface area contributed by atoms with Gasteiger partial charge in [-0.05, 0) is 125 Å². The molecule has 4 nitrogen and oxygen atoms in total. The second-order valence-corrected chi connectivity index (χ2v) is 15.2. The molecule has 0 atom stereocenters. The molecular formula is C60H52N4. The zero-order valence-corrected chi connectivity index (χ0v) is 36.6. The van der Waals surface area contributed by atoms with Crippen LogP contribution in [0.4, 0.5) is 17.1 Å². The molecule has 0 aliphatic carbocycles. The summed E-state index contributed by atoms with van der Waals surface area (Å²) in [4.78, 5) is 2.24. The first-order valence-electron chi connectivity index (χ1n) is 21.9. The van der Waals surface area contributed by atoms with Gasteiger partial charge >= 0.3 is 0 Å².